The molecule has 8 heteroatoms. The van der Waals surface area contributed by atoms with Gasteiger partial charge in [-0.05, 0) is 18.9 Å². The van der Waals surface area contributed by atoms with Crippen molar-refractivity contribution < 1.29 is 22.4 Å². The van der Waals surface area contributed by atoms with Gasteiger partial charge in [-0.1, -0.05) is 0 Å². The number of carbonyl (C=O) groups excluding carboxylic acids is 1. The fraction of sp³-hybridized carbons (Fsp3) is 0.455. The molecule has 1 heterocycles. The third-order valence-corrected chi connectivity index (χ3v) is 2.30. The molecule has 0 aliphatic heterocycles. The molecule has 0 unspecified atom stereocenters. The second-order valence-corrected chi connectivity index (χ2v) is 3.91. The number of amides is 1. The molecule has 1 aromatic rings. The summed E-state index contributed by atoms with van der Waals surface area (Å²) in [5, 5.41) is 2.36. The van der Waals surface area contributed by atoms with Gasteiger partial charge in [-0.3, -0.25) is 4.79 Å². The molecule has 0 saturated carbocycles. The number of carbonyl (C=O) groups is 1. The van der Waals surface area contributed by atoms with E-state index in [2.05, 4.69) is 10.3 Å². The van der Waals surface area contributed by atoms with Crippen LogP contribution in [-0.4, -0.2) is 23.6 Å². The molecule has 1 aromatic heterocycles. The van der Waals surface area contributed by atoms with Crippen LogP contribution in [0.5, 0.6) is 0 Å². The zero-order valence-electron chi connectivity index (χ0n) is 9.93. The van der Waals surface area contributed by atoms with E-state index in [0.717, 1.165) is 12.3 Å². The number of nitrogens with two attached hydrogens (primary N) is 1. The van der Waals surface area contributed by atoms with E-state index in [1.54, 1.807) is 0 Å². The maximum Gasteiger partial charge on any atom is 0.389 e. The van der Waals surface area contributed by atoms with Crippen LogP contribution in [0.4, 0.5) is 23.4 Å². The average molecular weight is 279 g/mol. The molecule has 1 amide bonds. The molecule has 0 aromatic carbocycles. The van der Waals surface area contributed by atoms with Gasteiger partial charge in [-0.25, -0.2) is 9.37 Å². The van der Waals surface area contributed by atoms with E-state index in [1.165, 1.54) is 0 Å². The number of anilines is 1. The molecule has 19 heavy (non-hydrogen) atoms. The number of alkyl halides is 3. The zero-order chi connectivity index (χ0) is 14.5. The minimum atomic E-state index is -4.19. The molecule has 106 valence electrons. The van der Waals surface area contributed by atoms with Crippen molar-refractivity contribution in [1.29, 1.82) is 0 Å². The van der Waals surface area contributed by atoms with Crippen molar-refractivity contribution in [3.05, 3.63) is 23.6 Å². The van der Waals surface area contributed by atoms with E-state index in [0.29, 0.717) is 0 Å². The molecule has 0 spiro atoms. The van der Waals surface area contributed by atoms with Crippen LogP contribution in [0.2, 0.25) is 0 Å². The van der Waals surface area contributed by atoms with Crippen molar-refractivity contribution in [2.24, 2.45) is 0 Å². The van der Waals surface area contributed by atoms with Gasteiger partial charge in [-0.15, -0.1) is 0 Å². The normalized spacial score (nSPS) is 11.4. The summed E-state index contributed by atoms with van der Waals surface area (Å²) in [4.78, 5) is 15.0. The zero-order valence-corrected chi connectivity index (χ0v) is 9.93. The second kappa shape index (κ2) is 6.35. The molecule has 0 bridgehead atoms. The lowest BCUT2D eigenvalue weighted by atomic mass is 10.2. The lowest BCUT2D eigenvalue weighted by Crippen LogP contribution is -2.26. The fourth-order valence-corrected chi connectivity index (χ4v) is 1.38. The molecule has 4 nitrogen and oxygen atoms in total. The Balaban J connectivity index is 2.38. The summed E-state index contributed by atoms with van der Waals surface area (Å²) in [7, 11) is 0. The molecule has 1 rings (SSSR count). The summed E-state index contributed by atoms with van der Waals surface area (Å²) in [6.45, 7) is 0.0604. The van der Waals surface area contributed by atoms with Gasteiger partial charge in [0, 0.05) is 13.0 Å². The number of nitrogen functional groups attached to an aromatic ring is 1. The number of unbranched alkanes of at least 4 members (excludes halogenated alkanes) is 1. The lowest BCUT2D eigenvalue weighted by Gasteiger charge is -2.08. The van der Waals surface area contributed by atoms with Crippen LogP contribution < -0.4 is 11.1 Å². The number of aromatic nitrogens is 1. The molecular weight excluding hydrogens is 266 g/mol. The van der Waals surface area contributed by atoms with Gasteiger partial charge in [0.2, 0.25) is 0 Å². The Labute approximate surface area is 107 Å². The number of nitrogens with one attached hydrogen (secondary N) is 1. The first-order valence-electron chi connectivity index (χ1n) is 5.55. The number of nitrogens with zero attached hydrogens (tertiary/aromatic N) is 1. The van der Waals surface area contributed by atoms with Gasteiger partial charge in [0.05, 0.1) is 11.8 Å². The summed E-state index contributed by atoms with van der Waals surface area (Å²) in [5.41, 5.74) is 5.26. The van der Waals surface area contributed by atoms with E-state index in [9.17, 15) is 22.4 Å². The van der Waals surface area contributed by atoms with E-state index in [-0.39, 0.29) is 30.8 Å². The quantitative estimate of drug-likeness (QED) is 0.641. The van der Waals surface area contributed by atoms with Crippen molar-refractivity contribution >= 4 is 11.7 Å². The molecule has 0 atom stereocenters. The summed E-state index contributed by atoms with van der Waals surface area (Å²) in [6.07, 6.45) is -4.13. The summed E-state index contributed by atoms with van der Waals surface area (Å²) < 4.78 is 48.4. The molecule has 0 fully saturated rings. The van der Waals surface area contributed by atoms with Gasteiger partial charge in [0.1, 0.15) is 11.6 Å². The third-order valence-electron chi connectivity index (χ3n) is 2.30. The van der Waals surface area contributed by atoms with E-state index < -0.39 is 24.3 Å². The number of hydrogen-bond acceptors (Lipinski definition) is 3. The SMILES string of the molecule is Nc1ncc(F)cc1C(=O)NCCCCC(F)(F)F. The Morgan fingerprint density at radius 2 is 2.05 bits per heavy atom. The van der Waals surface area contributed by atoms with Crippen molar-refractivity contribution in [2.75, 3.05) is 12.3 Å². The largest absolute Gasteiger partial charge is 0.389 e. The van der Waals surface area contributed by atoms with Crippen LogP contribution in [0.15, 0.2) is 12.3 Å². The van der Waals surface area contributed by atoms with E-state index in [4.69, 9.17) is 5.73 Å². The molecule has 3 N–H and O–H groups in total. The molecular formula is C11H13F4N3O. The summed E-state index contributed by atoms with van der Waals surface area (Å²) >= 11 is 0. The predicted octanol–water partition coefficient (Wildman–Crippen LogP) is 2.27. The molecule has 0 radical (unpaired) electrons. The minimum Gasteiger partial charge on any atom is -0.383 e. The Bertz CT molecular complexity index is 448. The minimum absolute atomic E-state index is 0.0604. The number of rotatable bonds is 5. The number of hydrogen-bond donors (Lipinski definition) is 2. The highest BCUT2D eigenvalue weighted by molar-refractivity contribution is 5.98. The van der Waals surface area contributed by atoms with Crippen molar-refractivity contribution in [2.45, 2.75) is 25.4 Å². The monoisotopic (exact) mass is 279 g/mol. The van der Waals surface area contributed by atoms with Gasteiger partial charge in [0.25, 0.3) is 5.91 Å². The summed E-state index contributed by atoms with van der Waals surface area (Å²) in [6, 6.07) is 0.924. The fourth-order valence-electron chi connectivity index (χ4n) is 1.38. The smallest absolute Gasteiger partial charge is 0.383 e. The lowest BCUT2D eigenvalue weighted by molar-refractivity contribution is -0.135. The predicted molar refractivity (Wildman–Crippen MR) is 60.8 cm³/mol. The number of halogens is 4. The highest BCUT2D eigenvalue weighted by Gasteiger charge is 2.25. The first-order chi connectivity index (χ1) is 8.79. The molecule has 0 aliphatic carbocycles. The molecule has 0 saturated heterocycles. The Kier molecular flexibility index (Phi) is 5.08. The standard InChI is InChI=1S/C11H13F4N3O/c12-7-5-8(9(16)18-6-7)10(19)17-4-2-1-3-11(13,14)15/h5-6H,1-4H2,(H2,16,18)(H,17,19). The maximum atomic E-state index is 12.9. The van der Waals surface area contributed by atoms with Crippen LogP contribution in [0, 0.1) is 5.82 Å². The first-order valence-corrected chi connectivity index (χ1v) is 5.55. The van der Waals surface area contributed by atoms with Crippen LogP contribution >= 0.6 is 0 Å². The van der Waals surface area contributed by atoms with E-state index in [1.807, 2.05) is 0 Å². The summed E-state index contributed by atoms with van der Waals surface area (Å²) in [5.74, 6) is -1.50. The Hall–Kier alpha value is -1.86. The number of pyridine rings is 1. The van der Waals surface area contributed by atoms with Crippen LogP contribution in [0.25, 0.3) is 0 Å². The van der Waals surface area contributed by atoms with Crippen molar-refractivity contribution in [1.82, 2.24) is 10.3 Å². The van der Waals surface area contributed by atoms with Gasteiger partial charge < -0.3 is 11.1 Å². The van der Waals surface area contributed by atoms with Gasteiger partial charge >= 0.3 is 6.18 Å². The van der Waals surface area contributed by atoms with Crippen LogP contribution in [0.1, 0.15) is 29.6 Å². The Morgan fingerprint density at radius 3 is 2.68 bits per heavy atom. The average Bonchev–Trinajstić information content (AvgIpc) is 2.30. The maximum absolute atomic E-state index is 12.9. The van der Waals surface area contributed by atoms with Gasteiger partial charge in [-0.2, -0.15) is 13.2 Å². The Morgan fingerprint density at radius 1 is 1.37 bits per heavy atom. The second-order valence-electron chi connectivity index (χ2n) is 3.91. The van der Waals surface area contributed by atoms with Crippen LogP contribution in [0.3, 0.4) is 0 Å². The van der Waals surface area contributed by atoms with Crippen molar-refractivity contribution in [3.63, 3.8) is 0 Å². The van der Waals surface area contributed by atoms with Gasteiger partial charge in [0.15, 0.2) is 0 Å². The van der Waals surface area contributed by atoms with Crippen LogP contribution in [-0.2, 0) is 0 Å². The first kappa shape index (κ1) is 15.2. The highest BCUT2D eigenvalue weighted by atomic mass is 19.4. The third kappa shape index (κ3) is 5.54. The molecule has 0 aliphatic rings. The topological polar surface area (TPSA) is 68.0 Å². The van der Waals surface area contributed by atoms with Crippen molar-refractivity contribution in [3.8, 4) is 0 Å². The highest BCUT2D eigenvalue weighted by Crippen LogP contribution is 2.21. The van der Waals surface area contributed by atoms with E-state index >= 15 is 0 Å².